The fraction of sp³-hybridized carbons (Fsp3) is 0.500. The highest BCUT2D eigenvalue weighted by atomic mass is 16.6. The number of imide groups is 1. The Kier molecular flexibility index (Phi) is 5.41. The smallest absolute Gasteiger partial charge is 0.409 e. The van der Waals surface area contributed by atoms with Crippen LogP contribution < -0.4 is 9.64 Å². The maximum absolute atomic E-state index is 12.9. The SMILES string of the molecule is CCOC(=O)N1CCN([C@H]2CC(=O)N(c3cccc(OC)c3)C2=O)CC1. The van der Waals surface area contributed by atoms with Crippen LogP contribution in [0.5, 0.6) is 5.75 Å². The first-order valence-electron chi connectivity index (χ1n) is 8.71. The van der Waals surface area contributed by atoms with Crippen LogP contribution in [0.2, 0.25) is 0 Å². The fourth-order valence-corrected chi connectivity index (χ4v) is 3.35. The number of methoxy groups -OCH3 is 1. The van der Waals surface area contributed by atoms with E-state index < -0.39 is 6.04 Å². The molecule has 2 fully saturated rings. The van der Waals surface area contributed by atoms with E-state index in [9.17, 15) is 14.4 Å². The Balaban J connectivity index is 1.67. The van der Waals surface area contributed by atoms with Crippen molar-refractivity contribution in [2.75, 3.05) is 44.8 Å². The van der Waals surface area contributed by atoms with Crippen LogP contribution in [0, 0.1) is 0 Å². The second kappa shape index (κ2) is 7.74. The van der Waals surface area contributed by atoms with Crippen molar-refractivity contribution in [3.8, 4) is 5.75 Å². The van der Waals surface area contributed by atoms with Gasteiger partial charge in [-0.1, -0.05) is 6.07 Å². The summed E-state index contributed by atoms with van der Waals surface area (Å²) in [6.07, 6.45) is -0.186. The summed E-state index contributed by atoms with van der Waals surface area (Å²) in [7, 11) is 1.54. The summed E-state index contributed by atoms with van der Waals surface area (Å²) in [5.41, 5.74) is 0.520. The van der Waals surface area contributed by atoms with Crippen LogP contribution in [0.4, 0.5) is 10.5 Å². The van der Waals surface area contributed by atoms with Crippen molar-refractivity contribution in [2.24, 2.45) is 0 Å². The van der Waals surface area contributed by atoms with E-state index >= 15 is 0 Å². The van der Waals surface area contributed by atoms with Crippen molar-refractivity contribution in [2.45, 2.75) is 19.4 Å². The molecule has 2 saturated heterocycles. The van der Waals surface area contributed by atoms with Crippen molar-refractivity contribution >= 4 is 23.6 Å². The van der Waals surface area contributed by atoms with Gasteiger partial charge in [-0.25, -0.2) is 9.69 Å². The Hall–Kier alpha value is -2.61. The van der Waals surface area contributed by atoms with Crippen molar-refractivity contribution in [3.05, 3.63) is 24.3 Å². The van der Waals surface area contributed by atoms with Gasteiger partial charge < -0.3 is 14.4 Å². The number of rotatable bonds is 4. The third kappa shape index (κ3) is 3.50. The zero-order chi connectivity index (χ0) is 18.7. The van der Waals surface area contributed by atoms with Crippen molar-refractivity contribution in [1.29, 1.82) is 0 Å². The van der Waals surface area contributed by atoms with Crippen LogP contribution in [0.25, 0.3) is 0 Å². The van der Waals surface area contributed by atoms with Crippen molar-refractivity contribution in [3.63, 3.8) is 0 Å². The lowest BCUT2D eigenvalue weighted by molar-refractivity contribution is -0.123. The normalized spacial score (nSPS) is 21.2. The lowest BCUT2D eigenvalue weighted by atomic mass is 10.2. The Bertz CT molecular complexity index is 700. The number of piperazine rings is 1. The van der Waals surface area contributed by atoms with Gasteiger partial charge in [0.1, 0.15) is 5.75 Å². The topological polar surface area (TPSA) is 79.4 Å². The monoisotopic (exact) mass is 361 g/mol. The number of anilines is 1. The molecule has 3 amide bonds. The molecule has 2 heterocycles. The van der Waals surface area contributed by atoms with Gasteiger partial charge in [0.2, 0.25) is 5.91 Å². The molecule has 0 saturated carbocycles. The van der Waals surface area contributed by atoms with Crippen LogP contribution in [0.15, 0.2) is 24.3 Å². The number of ether oxygens (including phenoxy) is 2. The number of carbonyl (C=O) groups is 3. The molecule has 1 atom stereocenters. The molecule has 1 aromatic rings. The van der Waals surface area contributed by atoms with Gasteiger partial charge in [-0.05, 0) is 19.1 Å². The number of benzene rings is 1. The predicted octanol–water partition coefficient (Wildman–Crippen LogP) is 1.10. The van der Waals surface area contributed by atoms with E-state index in [4.69, 9.17) is 9.47 Å². The number of carbonyl (C=O) groups excluding carboxylic acids is 3. The van der Waals surface area contributed by atoms with Gasteiger partial charge in [-0.3, -0.25) is 14.5 Å². The highest BCUT2D eigenvalue weighted by Crippen LogP contribution is 2.28. The maximum atomic E-state index is 12.9. The second-order valence-corrected chi connectivity index (χ2v) is 6.21. The first kappa shape index (κ1) is 18.2. The number of hydrogen-bond donors (Lipinski definition) is 0. The van der Waals surface area contributed by atoms with E-state index in [-0.39, 0.29) is 24.3 Å². The quantitative estimate of drug-likeness (QED) is 0.748. The summed E-state index contributed by atoms with van der Waals surface area (Å²) in [5.74, 6) is 0.142. The number of nitrogens with zero attached hydrogens (tertiary/aromatic N) is 3. The van der Waals surface area contributed by atoms with Gasteiger partial charge in [-0.15, -0.1) is 0 Å². The molecule has 0 radical (unpaired) electrons. The van der Waals surface area contributed by atoms with Crippen LogP contribution in [-0.2, 0) is 14.3 Å². The molecule has 0 unspecified atom stereocenters. The first-order chi connectivity index (χ1) is 12.5. The molecule has 3 rings (SSSR count). The molecule has 8 heteroatoms. The lowest BCUT2D eigenvalue weighted by Crippen LogP contribution is -2.54. The van der Waals surface area contributed by atoms with E-state index in [1.807, 2.05) is 4.90 Å². The summed E-state index contributed by atoms with van der Waals surface area (Å²) in [6, 6.07) is 6.43. The number of amides is 3. The second-order valence-electron chi connectivity index (χ2n) is 6.21. The minimum atomic E-state index is -0.488. The largest absolute Gasteiger partial charge is 0.497 e. The Morgan fingerprint density at radius 2 is 1.92 bits per heavy atom. The summed E-state index contributed by atoms with van der Waals surface area (Å²) in [6.45, 7) is 4.14. The first-order valence-corrected chi connectivity index (χ1v) is 8.71. The van der Waals surface area contributed by atoms with Crippen LogP contribution in [0.3, 0.4) is 0 Å². The molecule has 1 aromatic carbocycles. The van der Waals surface area contributed by atoms with Crippen LogP contribution in [-0.4, -0.2) is 73.6 Å². The summed E-state index contributed by atoms with van der Waals surface area (Å²) in [5, 5.41) is 0. The molecular weight excluding hydrogens is 338 g/mol. The van der Waals surface area contributed by atoms with Gasteiger partial charge >= 0.3 is 6.09 Å². The number of hydrogen-bond acceptors (Lipinski definition) is 6. The van der Waals surface area contributed by atoms with Gasteiger partial charge in [-0.2, -0.15) is 0 Å². The molecule has 0 N–H and O–H groups in total. The highest BCUT2D eigenvalue weighted by Gasteiger charge is 2.43. The average molecular weight is 361 g/mol. The Morgan fingerprint density at radius 3 is 2.58 bits per heavy atom. The standard InChI is InChI=1S/C18H23N3O5/c1-3-26-18(24)20-9-7-19(8-10-20)15-12-16(22)21(17(15)23)13-5-4-6-14(11-13)25-2/h4-6,11,15H,3,7-10,12H2,1-2H3/t15-/m0/s1. The van der Waals surface area contributed by atoms with E-state index in [0.29, 0.717) is 44.2 Å². The van der Waals surface area contributed by atoms with Crippen LogP contribution >= 0.6 is 0 Å². The molecule has 26 heavy (non-hydrogen) atoms. The summed E-state index contributed by atoms with van der Waals surface area (Å²) < 4.78 is 10.2. The van der Waals surface area contributed by atoms with Gasteiger partial charge in [0, 0.05) is 32.2 Å². The fourth-order valence-electron chi connectivity index (χ4n) is 3.35. The van der Waals surface area contributed by atoms with Crippen molar-refractivity contribution < 1.29 is 23.9 Å². The predicted molar refractivity (Wildman–Crippen MR) is 94.1 cm³/mol. The van der Waals surface area contributed by atoms with Crippen LogP contribution in [0.1, 0.15) is 13.3 Å². The molecule has 2 aliphatic heterocycles. The molecular formula is C18H23N3O5. The Labute approximate surface area is 152 Å². The third-order valence-corrected chi connectivity index (χ3v) is 4.72. The summed E-state index contributed by atoms with van der Waals surface area (Å²) in [4.78, 5) is 41.9. The molecule has 2 aliphatic rings. The van der Waals surface area contributed by atoms with Gasteiger partial charge in [0.15, 0.2) is 0 Å². The van der Waals surface area contributed by atoms with E-state index in [2.05, 4.69) is 0 Å². The highest BCUT2D eigenvalue weighted by molar-refractivity contribution is 6.22. The molecule has 8 nitrogen and oxygen atoms in total. The summed E-state index contributed by atoms with van der Waals surface area (Å²) >= 11 is 0. The third-order valence-electron chi connectivity index (χ3n) is 4.72. The molecule has 0 aliphatic carbocycles. The molecule has 0 spiro atoms. The Morgan fingerprint density at radius 1 is 1.19 bits per heavy atom. The van der Waals surface area contributed by atoms with E-state index in [1.54, 1.807) is 43.2 Å². The zero-order valence-electron chi connectivity index (χ0n) is 15.0. The lowest BCUT2D eigenvalue weighted by Gasteiger charge is -2.36. The minimum absolute atomic E-state index is 0.148. The van der Waals surface area contributed by atoms with E-state index in [0.717, 1.165) is 0 Å². The maximum Gasteiger partial charge on any atom is 0.409 e. The van der Waals surface area contributed by atoms with Gasteiger partial charge in [0.05, 0.1) is 31.9 Å². The minimum Gasteiger partial charge on any atom is -0.497 e. The van der Waals surface area contributed by atoms with Gasteiger partial charge in [0.25, 0.3) is 5.91 Å². The zero-order valence-corrected chi connectivity index (χ0v) is 15.0. The van der Waals surface area contributed by atoms with E-state index in [1.165, 1.54) is 4.90 Å². The molecule has 140 valence electrons. The average Bonchev–Trinajstić information content (AvgIpc) is 2.96. The van der Waals surface area contributed by atoms with Crippen molar-refractivity contribution in [1.82, 2.24) is 9.80 Å². The molecule has 0 bridgehead atoms. The molecule has 0 aromatic heterocycles.